The number of rotatable bonds is 6. The minimum Gasteiger partial charge on any atom is -0.381 e. The fourth-order valence-electron chi connectivity index (χ4n) is 0.435. The summed E-state index contributed by atoms with van der Waals surface area (Å²) in [5, 5.41) is 0. The Morgan fingerprint density at radius 2 is 2.22 bits per heavy atom. The molecule has 0 unspecified atom stereocenters. The van der Waals surface area contributed by atoms with Gasteiger partial charge in [-0.05, 0) is 18.6 Å². The van der Waals surface area contributed by atoms with Crippen molar-refractivity contribution in [3.8, 4) is 0 Å². The van der Waals surface area contributed by atoms with Gasteiger partial charge in [-0.3, -0.25) is 0 Å². The molecule has 0 aromatic carbocycles. The van der Waals surface area contributed by atoms with E-state index in [-0.39, 0.29) is 0 Å². The molecule has 0 atom stereocenters. The molecule has 1 nitrogen and oxygen atoms in total. The van der Waals surface area contributed by atoms with Gasteiger partial charge in [0.25, 0.3) is 0 Å². The van der Waals surface area contributed by atoms with Gasteiger partial charge in [0.05, 0.1) is 0 Å². The molecule has 0 aliphatic rings. The maximum atomic E-state index is 5.19. The fourth-order valence-corrected chi connectivity index (χ4v) is 0.564. The Morgan fingerprint density at radius 3 is 2.78 bits per heavy atom. The molecule has 2 heteroatoms. The Bertz CT molecular complexity index is 63.9. The lowest BCUT2D eigenvalue weighted by Crippen LogP contribution is -1.95. The highest BCUT2D eigenvalue weighted by Crippen LogP contribution is 1.87. The van der Waals surface area contributed by atoms with Crippen LogP contribution >= 0.6 is 12.6 Å². The second-order valence-corrected chi connectivity index (χ2v) is 2.21. The first kappa shape index (κ1) is 9.05. The van der Waals surface area contributed by atoms with Gasteiger partial charge in [-0.25, -0.2) is 0 Å². The van der Waals surface area contributed by atoms with Crippen LogP contribution in [0.5, 0.6) is 0 Å². The summed E-state index contributed by atoms with van der Waals surface area (Å²) in [7, 11) is 0. The molecule has 0 N–H and O–H groups in total. The number of hydrogen-bond donors (Lipinski definition) is 1. The van der Waals surface area contributed by atoms with Crippen molar-refractivity contribution in [2.75, 3.05) is 19.0 Å². The Morgan fingerprint density at radius 1 is 1.44 bits per heavy atom. The molecule has 0 bridgehead atoms. The zero-order chi connectivity index (χ0) is 6.95. The molecule has 0 rings (SSSR count). The van der Waals surface area contributed by atoms with Crippen molar-refractivity contribution >= 4 is 12.6 Å². The minimum absolute atomic E-state index is 0.803. The molecule has 9 heavy (non-hydrogen) atoms. The van der Waals surface area contributed by atoms with Gasteiger partial charge in [0, 0.05) is 13.2 Å². The second kappa shape index (κ2) is 8.05. The van der Waals surface area contributed by atoms with Crippen LogP contribution in [0.25, 0.3) is 0 Å². The first-order valence-corrected chi connectivity index (χ1v) is 3.84. The summed E-state index contributed by atoms with van der Waals surface area (Å²) in [6, 6.07) is 0. The molecule has 0 saturated heterocycles. The SMILES string of the molecule is C=CCCOCCCS. The molecule has 0 fully saturated rings. The lowest BCUT2D eigenvalue weighted by molar-refractivity contribution is 0.140. The van der Waals surface area contributed by atoms with Gasteiger partial charge in [0.15, 0.2) is 0 Å². The highest BCUT2D eigenvalue weighted by molar-refractivity contribution is 7.80. The Labute approximate surface area is 62.5 Å². The topological polar surface area (TPSA) is 9.23 Å². The highest BCUT2D eigenvalue weighted by atomic mass is 32.1. The van der Waals surface area contributed by atoms with Crippen LogP contribution in [0.15, 0.2) is 12.7 Å². The standard InChI is InChI=1S/C7H14OS/c1-2-3-5-8-6-4-7-9/h2,9H,1,3-7H2. The van der Waals surface area contributed by atoms with Gasteiger partial charge in [-0.2, -0.15) is 12.6 Å². The lowest BCUT2D eigenvalue weighted by Gasteiger charge is -1.98. The van der Waals surface area contributed by atoms with Crippen molar-refractivity contribution in [1.82, 2.24) is 0 Å². The predicted molar refractivity (Wildman–Crippen MR) is 44.1 cm³/mol. The van der Waals surface area contributed by atoms with E-state index in [1.807, 2.05) is 6.08 Å². The van der Waals surface area contributed by atoms with E-state index in [2.05, 4.69) is 19.2 Å². The van der Waals surface area contributed by atoms with Gasteiger partial charge in [-0.1, -0.05) is 6.08 Å². The molecule has 54 valence electrons. The number of hydrogen-bond acceptors (Lipinski definition) is 2. The van der Waals surface area contributed by atoms with Crippen molar-refractivity contribution in [3.63, 3.8) is 0 Å². The van der Waals surface area contributed by atoms with Crippen LogP contribution in [0, 0.1) is 0 Å². The van der Waals surface area contributed by atoms with E-state index in [1.165, 1.54) is 0 Å². The fraction of sp³-hybridized carbons (Fsp3) is 0.714. The van der Waals surface area contributed by atoms with Gasteiger partial charge in [0.2, 0.25) is 0 Å². The van der Waals surface area contributed by atoms with Crippen LogP contribution in [-0.4, -0.2) is 19.0 Å². The molecule has 0 aliphatic heterocycles. The summed E-state index contributed by atoms with van der Waals surface area (Å²) in [6.45, 7) is 5.22. The third-order valence-electron chi connectivity index (χ3n) is 0.913. The van der Waals surface area contributed by atoms with Gasteiger partial charge >= 0.3 is 0 Å². The highest BCUT2D eigenvalue weighted by Gasteiger charge is 1.83. The van der Waals surface area contributed by atoms with E-state index in [0.29, 0.717) is 0 Å². The van der Waals surface area contributed by atoms with Crippen LogP contribution in [0.1, 0.15) is 12.8 Å². The average molecular weight is 146 g/mol. The Balaban J connectivity index is 2.66. The Kier molecular flexibility index (Phi) is 8.09. The van der Waals surface area contributed by atoms with Crippen LogP contribution in [0.2, 0.25) is 0 Å². The zero-order valence-corrected chi connectivity index (χ0v) is 6.57. The van der Waals surface area contributed by atoms with E-state index in [1.54, 1.807) is 0 Å². The van der Waals surface area contributed by atoms with Crippen molar-refractivity contribution < 1.29 is 4.74 Å². The first-order valence-electron chi connectivity index (χ1n) is 3.21. The van der Waals surface area contributed by atoms with Gasteiger partial charge in [-0.15, -0.1) is 6.58 Å². The molecule has 0 saturated carbocycles. The minimum atomic E-state index is 0.803. The molecule has 0 radical (unpaired) electrons. The van der Waals surface area contributed by atoms with Crippen molar-refractivity contribution in [1.29, 1.82) is 0 Å². The van der Waals surface area contributed by atoms with Crippen LogP contribution in [0.3, 0.4) is 0 Å². The number of ether oxygens (including phenoxy) is 1. The predicted octanol–water partition coefficient (Wildman–Crippen LogP) is 1.90. The summed E-state index contributed by atoms with van der Waals surface area (Å²) < 4.78 is 5.19. The van der Waals surface area contributed by atoms with Crippen LogP contribution in [0.4, 0.5) is 0 Å². The van der Waals surface area contributed by atoms with Crippen molar-refractivity contribution in [2.24, 2.45) is 0 Å². The molecule has 0 aromatic rings. The largest absolute Gasteiger partial charge is 0.381 e. The molecule has 0 heterocycles. The average Bonchev–Trinajstić information content (AvgIpc) is 1.89. The second-order valence-electron chi connectivity index (χ2n) is 1.77. The molecule has 0 amide bonds. The lowest BCUT2D eigenvalue weighted by atomic mass is 10.4. The van der Waals surface area contributed by atoms with Crippen molar-refractivity contribution in [3.05, 3.63) is 12.7 Å². The molecule has 0 aromatic heterocycles. The smallest absolute Gasteiger partial charge is 0.0500 e. The summed E-state index contributed by atoms with van der Waals surface area (Å²) in [6.07, 6.45) is 3.85. The zero-order valence-electron chi connectivity index (χ0n) is 5.68. The maximum absolute atomic E-state index is 5.19. The van der Waals surface area contributed by atoms with E-state index in [0.717, 1.165) is 31.8 Å². The summed E-state index contributed by atoms with van der Waals surface area (Å²) in [4.78, 5) is 0. The van der Waals surface area contributed by atoms with Crippen LogP contribution < -0.4 is 0 Å². The van der Waals surface area contributed by atoms with Crippen LogP contribution in [-0.2, 0) is 4.74 Å². The number of thiol groups is 1. The van der Waals surface area contributed by atoms with E-state index in [9.17, 15) is 0 Å². The summed E-state index contributed by atoms with van der Waals surface area (Å²) in [5.41, 5.74) is 0. The van der Waals surface area contributed by atoms with Crippen molar-refractivity contribution in [2.45, 2.75) is 12.8 Å². The third-order valence-corrected chi connectivity index (χ3v) is 1.23. The molecule has 0 spiro atoms. The molecular formula is C7H14OS. The molecule has 0 aliphatic carbocycles. The van der Waals surface area contributed by atoms with Gasteiger partial charge < -0.3 is 4.74 Å². The summed E-state index contributed by atoms with van der Waals surface area (Å²) >= 11 is 4.05. The first-order chi connectivity index (χ1) is 4.41. The Hall–Kier alpha value is 0.0500. The normalized spacial score (nSPS) is 9.44. The summed E-state index contributed by atoms with van der Waals surface area (Å²) in [5.74, 6) is 0.911. The quantitative estimate of drug-likeness (QED) is 0.342. The van der Waals surface area contributed by atoms with Gasteiger partial charge in [0.1, 0.15) is 0 Å². The van der Waals surface area contributed by atoms with E-state index in [4.69, 9.17) is 4.74 Å². The van der Waals surface area contributed by atoms with E-state index < -0.39 is 0 Å². The third kappa shape index (κ3) is 8.05. The van der Waals surface area contributed by atoms with E-state index >= 15 is 0 Å². The monoisotopic (exact) mass is 146 g/mol. The maximum Gasteiger partial charge on any atom is 0.0500 e. The molecular weight excluding hydrogens is 132 g/mol.